The van der Waals surface area contributed by atoms with Gasteiger partial charge in [0.1, 0.15) is 0 Å². The van der Waals surface area contributed by atoms with Gasteiger partial charge in [0.05, 0.1) is 0 Å². The van der Waals surface area contributed by atoms with Crippen LogP contribution in [-0.4, -0.2) is 8.07 Å². The van der Waals surface area contributed by atoms with E-state index in [1.54, 1.807) is 0 Å². The van der Waals surface area contributed by atoms with Crippen molar-refractivity contribution < 1.29 is 0 Å². The number of hydrogen-bond donors (Lipinski definition) is 0. The van der Waals surface area contributed by atoms with Crippen molar-refractivity contribution in [2.75, 3.05) is 4.90 Å². The third kappa shape index (κ3) is 5.40. The van der Waals surface area contributed by atoms with Crippen molar-refractivity contribution in [3.63, 3.8) is 0 Å². The molecule has 1 unspecified atom stereocenters. The zero-order valence-electron chi connectivity index (χ0n) is 34.5. The highest BCUT2D eigenvalue weighted by atomic mass is 28.3. The van der Waals surface area contributed by atoms with Gasteiger partial charge in [0.25, 0.3) is 0 Å². The summed E-state index contributed by atoms with van der Waals surface area (Å²) in [6.07, 6.45) is 0. The third-order valence-electron chi connectivity index (χ3n) is 13.8. The van der Waals surface area contributed by atoms with E-state index in [1.807, 2.05) is 0 Å². The third-order valence-corrected chi connectivity index (χ3v) is 18.7. The molecule has 0 saturated carbocycles. The van der Waals surface area contributed by atoms with Gasteiger partial charge in [0, 0.05) is 22.5 Å². The lowest BCUT2D eigenvalue weighted by atomic mass is 9.74. The molecule has 62 heavy (non-hydrogen) atoms. The average Bonchev–Trinajstić information content (AvgIpc) is 3.79. The van der Waals surface area contributed by atoms with Gasteiger partial charge in [-0.2, -0.15) is 0 Å². The van der Waals surface area contributed by atoms with E-state index in [4.69, 9.17) is 0 Å². The van der Waals surface area contributed by atoms with E-state index in [-0.39, 0.29) is 5.41 Å². The topological polar surface area (TPSA) is 3.24 Å². The van der Waals surface area contributed by atoms with Gasteiger partial charge in [-0.05, 0) is 131 Å². The molecule has 0 saturated heterocycles. The van der Waals surface area contributed by atoms with E-state index in [2.05, 4.69) is 254 Å². The zero-order chi connectivity index (χ0) is 41.3. The maximum Gasteiger partial charge on any atom is 0.180 e. The molecule has 1 aliphatic heterocycles. The predicted octanol–water partition coefficient (Wildman–Crippen LogP) is 12.7. The molecule has 1 heterocycles. The summed E-state index contributed by atoms with van der Waals surface area (Å²) >= 11 is 0. The van der Waals surface area contributed by atoms with Gasteiger partial charge < -0.3 is 4.90 Å². The Balaban J connectivity index is 1.01. The first-order chi connectivity index (χ1) is 30.6. The van der Waals surface area contributed by atoms with Crippen molar-refractivity contribution in [3.05, 3.63) is 259 Å². The Morgan fingerprint density at radius 1 is 0.339 bits per heavy atom. The Morgan fingerprint density at radius 2 is 0.887 bits per heavy atom. The lowest BCUT2D eigenvalue weighted by Crippen LogP contribution is -2.72. The van der Waals surface area contributed by atoms with Crippen LogP contribution in [0, 0.1) is 0 Å². The highest BCUT2D eigenvalue weighted by Gasteiger charge is 2.48. The van der Waals surface area contributed by atoms with Gasteiger partial charge in [-0.15, -0.1) is 0 Å². The minimum Gasteiger partial charge on any atom is -0.310 e. The van der Waals surface area contributed by atoms with Crippen LogP contribution in [0.15, 0.2) is 243 Å². The summed E-state index contributed by atoms with van der Waals surface area (Å²) in [6.45, 7) is 2.39. The second kappa shape index (κ2) is 14.3. The molecule has 2 heteroatoms. The van der Waals surface area contributed by atoms with E-state index in [0.29, 0.717) is 0 Å². The summed E-state index contributed by atoms with van der Waals surface area (Å²) in [6, 6.07) is 90.7. The van der Waals surface area contributed by atoms with Gasteiger partial charge in [-0.1, -0.05) is 200 Å². The van der Waals surface area contributed by atoms with Crippen molar-refractivity contribution in [1.82, 2.24) is 0 Å². The molecular formula is C60H43NSi. The Hall–Kier alpha value is -7.52. The molecule has 0 radical (unpaired) electrons. The summed E-state index contributed by atoms with van der Waals surface area (Å²) < 4.78 is 0. The molecule has 0 amide bonds. The van der Waals surface area contributed by atoms with E-state index >= 15 is 0 Å². The zero-order valence-corrected chi connectivity index (χ0v) is 35.5. The van der Waals surface area contributed by atoms with Gasteiger partial charge in [-0.3, -0.25) is 0 Å². The molecule has 0 N–H and O–H groups in total. The van der Waals surface area contributed by atoms with Crippen LogP contribution >= 0.6 is 0 Å². The normalized spacial score (nSPS) is 15.4. The molecule has 0 spiro atoms. The number of anilines is 3. The highest BCUT2D eigenvalue weighted by molar-refractivity contribution is 7.22. The maximum absolute atomic E-state index is 2.70. The second-order valence-electron chi connectivity index (χ2n) is 17.0. The fourth-order valence-corrected chi connectivity index (χ4v) is 16.1. The standard InChI is InChI=1S/C60H43NSi/c1-60(46-19-4-2-5-20-46)56-28-13-10-25-52(56)53-38-34-45(40-57(53)60)43-31-35-47(36-32-43)61(49-37-33-42-17-8-9-18-44(42)39-49)48-21-16-24-51(41-48)62(50-22-6-3-7-23-50)58-29-14-11-26-54(58)55-27-12-15-30-59(55)62/h2-41H,1H3. The van der Waals surface area contributed by atoms with Gasteiger partial charge in [-0.25, -0.2) is 0 Å². The minimum absolute atomic E-state index is 0.248. The fourth-order valence-electron chi connectivity index (χ4n) is 10.9. The lowest BCUT2D eigenvalue weighted by Gasteiger charge is -2.33. The first-order valence-electron chi connectivity index (χ1n) is 21.7. The van der Waals surface area contributed by atoms with E-state index < -0.39 is 8.07 Å². The van der Waals surface area contributed by atoms with E-state index in [9.17, 15) is 0 Å². The molecule has 1 atom stereocenters. The van der Waals surface area contributed by atoms with Crippen molar-refractivity contribution in [2.45, 2.75) is 12.3 Å². The molecule has 10 aromatic rings. The van der Waals surface area contributed by atoms with Gasteiger partial charge in [0.2, 0.25) is 0 Å². The van der Waals surface area contributed by atoms with Gasteiger partial charge in [0.15, 0.2) is 8.07 Å². The molecule has 0 aromatic heterocycles. The Kier molecular flexibility index (Phi) is 8.38. The Labute approximate surface area is 364 Å². The molecule has 292 valence electrons. The summed E-state index contributed by atoms with van der Waals surface area (Å²) in [5.41, 5.74) is 14.9. The number of benzene rings is 10. The first kappa shape index (κ1) is 36.3. The number of nitrogens with zero attached hydrogens (tertiary/aromatic N) is 1. The molecule has 1 aliphatic carbocycles. The molecule has 1 nitrogen and oxygen atoms in total. The van der Waals surface area contributed by atoms with Crippen LogP contribution in [0.5, 0.6) is 0 Å². The SMILES string of the molecule is CC1(c2ccccc2)c2ccccc2-c2ccc(-c3ccc(N(c4cccc([Si]5(c6ccccc6)c6ccccc6-c6ccccc65)c4)c4ccc5ccccc5c4)cc3)cc21. The first-order valence-corrected chi connectivity index (χ1v) is 23.7. The van der Waals surface area contributed by atoms with Crippen molar-refractivity contribution in [3.8, 4) is 33.4 Å². The predicted molar refractivity (Wildman–Crippen MR) is 264 cm³/mol. The van der Waals surface area contributed by atoms with Crippen LogP contribution in [0.4, 0.5) is 17.1 Å². The van der Waals surface area contributed by atoms with Crippen LogP contribution in [0.2, 0.25) is 0 Å². The van der Waals surface area contributed by atoms with Crippen molar-refractivity contribution >= 4 is 56.7 Å². The molecule has 12 rings (SSSR count). The Morgan fingerprint density at radius 3 is 1.63 bits per heavy atom. The van der Waals surface area contributed by atoms with E-state index in [1.165, 1.54) is 81.6 Å². The minimum atomic E-state index is -2.70. The van der Waals surface area contributed by atoms with Crippen LogP contribution in [0.3, 0.4) is 0 Å². The molecule has 10 aromatic carbocycles. The quantitative estimate of drug-likeness (QED) is 0.145. The monoisotopic (exact) mass is 805 g/mol. The Bertz CT molecular complexity index is 3270. The molecular weight excluding hydrogens is 763 g/mol. The molecule has 0 fully saturated rings. The molecule has 0 bridgehead atoms. The van der Waals surface area contributed by atoms with Crippen molar-refractivity contribution in [1.29, 1.82) is 0 Å². The van der Waals surface area contributed by atoms with Crippen LogP contribution in [-0.2, 0) is 5.41 Å². The smallest absolute Gasteiger partial charge is 0.180 e. The summed E-state index contributed by atoms with van der Waals surface area (Å²) in [5.74, 6) is 0. The molecule has 2 aliphatic rings. The maximum atomic E-state index is 2.49. The summed E-state index contributed by atoms with van der Waals surface area (Å²) in [5, 5.41) is 8.13. The van der Waals surface area contributed by atoms with Crippen LogP contribution in [0.25, 0.3) is 44.2 Å². The second-order valence-corrected chi connectivity index (χ2v) is 20.7. The largest absolute Gasteiger partial charge is 0.310 e. The summed E-state index contributed by atoms with van der Waals surface area (Å²) in [7, 11) is -2.70. The fraction of sp³-hybridized carbons (Fsp3) is 0.0333. The van der Waals surface area contributed by atoms with Crippen LogP contribution < -0.4 is 25.6 Å². The number of fused-ring (bicyclic) bond motifs is 7. The van der Waals surface area contributed by atoms with E-state index in [0.717, 1.165) is 17.1 Å². The average molecular weight is 806 g/mol. The van der Waals surface area contributed by atoms with Crippen LogP contribution in [0.1, 0.15) is 23.6 Å². The lowest BCUT2D eigenvalue weighted by molar-refractivity contribution is 0.714. The number of rotatable bonds is 7. The van der Waals surface area contributed by atoms with Crippen molar-refractivity contribution in [2.24, 2.45) is 0 Å². The van der Waals surface area contributed by atoms with Gasteiger partial charge >= 0.3 is 0 Å². The summed E-state index contributed by atoms with van der Waals surface area (Å²) in [4.78, 5) is 2.45. The highest BCUT2D eigenvalue weighted by Crippen LogP contribution is 2.53. The number of hydrogen-bond acceptors (Lipinski definition) is 1.